The highest BCUT2D eigenvalue weighted by atomic mass is 19.4. The first-order valence-electron chi connectivity index (χ1n) is 13.3. The van der Waals surface area contributed by atoms with Gasteiger partial charge in [-0.3, -0.25) is 4.79 Å². The van der Waals surface area contributed by atoms with Gasteiger partial charge in [0.15, 0.2) is 5.82 Å². The largest absolute Gasteiger partial charge is 0.488 e. The summed E-state index contributed by atoms with van der Waals surface area (Å²) in [5, 5.41) is 32.4. The SMILES string of the molecule is Cc1cc2cc(C(=O)NCC(O)(c3cc(C(C)(C)O)c(F)c(-c4ccc(F)cc4)n3)C(F)(F)F)cc(OC3CC3)c2nn1. The van der Waals surface area contributed by atoms with Crippen molar-refractivity contribution >= 4 is 16.8 Å². The molecule has 1 fully saturated rings. The molecule has 0 saturated heterocycles. The number of alkyl halides is 3. The predicted octanol–water partition coefficient (Wildman–Crippen LogP) is 5.23. The van der Waals surface area contributed by atoms with Gasteiger partial charge in [-0.15, -0.1) is 5.10 Å². The zero-order valence-electron chi connectivity index (χ0n) is 23.3. The van der Waals surface area contributed by atoms with Gasteiger partial charge in [0.25, 0.3) is 5.91 Å². The molecule has 1 unspecified atom stereocenters. The number of aliphatic hydroxyl groups is 2. The zero-order chi connectivity index (χ0) is 31.3. The summed E-state index contributed by atoms with van der Waals surface area (Å²) < 4.78 is 78.5. The number of pyridine rings is 1. The summed E-state index contributed by atoms with van der Waals surface area (Å²) in [6, 6.07) is 9.10. The minimum absolute atomic E-state index is 0.0590. The molecule has 2 heterocycles. The molecule has 1 aliphatic carbocycles. The maximum absolute atomic E-state index is 15.5. The summed E-state index contributed by atoms with van der Waals surface area (Å²) in [6.45, 7) is 2.56. The van der Waals surface area contributed by atoms with E-state index in [4.69, 9.17) is 4.74 Å². The van der Waals surface area contributed by atoms with E-state index in [0.717, 1.165) is 51.0 Å². The van der Waals surface area contributed by atoms with Gasteiger partial charge in [0.1, 0.15) is 22.8 Å². The van der Waals surface area contributed by atoms with Crippen LogP contribution in [0.5, 0.6) is 5.75 Å². The topological polar surface area (TPSA) is 117 Å². The molecule has 2 aromatic carbocycles. The van der Waals surface area contributed by atoms with E-state index in [0.29, 0.717) is 22.7 Å². The smallest absolute Gasteiger partial charge is 0.424 e. The molecule has 5 rings (SSSR count). The molecule has 1 saturated carbocycles. The maximum atomic E-state index is 15.5. The summed E-state index contributed by atoms with van der Waals surface area (Å²) >= 11 is 0. The van der Waals surface area contributed by atoms with Crippen LogP contribution in [-0.4, -0.2) is 50.1 Å². The van der Waals surface area contributed by atoms with Crippen molar-refractivity contribution in [1.29, 1.82) is 0 Å². The van der Waals surface area contributed by atoms with Crippen LogP contribution in [-0.2, 0) is 11.2 Å². The molecule has 2 aromatic heterocycles. The second kappa shape index (κ2) is 10.8. The fourth-order valence-corrected chi connectivity index (χ4v) is 4.45. The van der Waals surface area contributed by atoms with Gasteiger partial charge in [0.05, 0.1) is 29.6 Å². The van der Waals surface area contributed by atoms with Gasteiger partial charge in [-0.25, -0.2) is 13.8 Å². The van der Waals surface area contributed by atoms with Crippen LogP contribution >= 0.6 is 0 Å². The van der Waals surface area contributed by atoms with Crippen molar-refractivity contribution in [3.05, 3.63) is 82.7 Å². The van der Waals surface area contributed by atoms with E-state index in [1.807, 2.05) is 0 Å². The Kier molecular flexibility index (Phi) is 7.59. The summed E-state index contributed by atoms with van der Waals surface area (Å²) in [7, 11) is 0. The third kappa shape index (κ3) is 6.13. The fourth-order valence-electron chi connectivity index (χ4n) is 4.45. The molecule has 8 nitrogen and oxygen atoms in total. The van der Waals surface area contributed by atoms with Crippen LogP contribution in [0.1, 0.15) is 54.0 Å². The number of aromatic nitrogens is 3. The molecule has 4 aromatic rings. The first-order chi connectivity index (χ1) is 20.1. The van der Waals surface area contributed by atoms with E-state index in [2.05, 4.69) is 20.5 Å². The average molecular weight is 603 g/mol. The van der Waals surface area contributed by atoms with Crippen molar-refractivity contribution in [3.8, 4) is 17.0 Å². The van der Waals surface area contributed by atoms with Gasteiger partial charge >= 0.3 is 6.18 Å². The Bertz CT molecular complexity index is 1700. The van der Waals surface area contributed by atoms with Crippen molar-refractivity contribution < 1.29 is 41.7 Å². The second-order valence-corrected chi connectivity index (χ2v) is 11.0. The number of fused-ring (bicyclic) bond motifs is 1. The third-order valence-corrected chi connectivity index (χ3v) is 6.99. The van der Waals surface area contributed by atoms with Crippen molar-refractivity contribution in [1.82, 2.24) is 20.5 Å². The molecule has 0 spiro atoms. The van der Waals surface area contributed by atoms with Crippen LogP contribution in [0, 0.1) is 18.6 Å². The van der Waals surface area contributed by atoms with Crippen LogP contribution in [0.25, 0.3) is 22.2 Å². The number of nitrogens with one attached hydrogen (secondary N) is 1. The van der Waals surface area contributed by atoms with Gasteiger partial charge in [-0.2, -0.15) is 18.3 Å². The van der Waals surface area contributed by atoms with Crippen LogP contribution in [0.3, 0.4) is 0 Å². The van der Waals surface area contributed by atoms with Crippen LogP contribution in [0.15, 0.2) is 48.5 Å². The van der Waals surface area contributed by atoms with Crippen LogP contribution in [0.2, 0.25) is 0 Å². The summed E-state index contributed by atoms with van der Waals surface area (Å²) in [5.74, 6) is -2.57. The van der Waals surface area contributed by atoms with Crippen molar-refractivity contribution in [3.63, 3.8) is 0 Å². The molecule has 0 aliphatic heterocycles. The van der Waals surface area contributed by atoms with Crippen molar-refractivity contribution in [2.75, 3.05) is 6.54 Å². The number of carbonyl (C=O) groups is 1. The third-order valence-electron chi connectivity index (χ3n) is 6.99. The van der Waals surface area contributed by atoms with Crippen LogP contribution in [0.4, 0.5) is 22.0 Å². The number of amides is 1. The predicted molar refractivity (Wildman–Crippen MR) is 145 cm³/mol. The minimum atomic E-state index is -5.42. The van der Waals surface area contributed by atoms with E-state index >= 15 is 4.39 Å². The first-order valence-corrected chi connectivity index (χ1v) is 13.3. The van der Waals surface area contributed by atoms with E-state index in [9.17, 15) is 32.6 Å². The van der Waals surface area contributed by atoms with E-state index in [-0.39, 0.29) is 23.0 Å². The Morgan fingerprint density at radius 3 is 2.30 bits per heavy atom. The van der Waals surface area contributed by atoms with Gasteiger partial charge < -0.3 is 20.3 Å². The molecule has 0 bridgehead atoms. The van der Waals surface area contributed by atoms with Gasteiger partial charge in [-0.05, 0) is 82.1 Å². The summed E-state index contributed by atoms with van der Waals surface area (Å²) in [6.07, 6.45) is -3.90. The molecule has 13 heteroatoms. The lowest BCUT2D eigenvalue weighted by Crippen LogP contribution is -2.51. The monoisotopic (exact) mass is 602 g/mol. The molecule has 43 heavy (non-hydrogen) atoms. The standard InChI is InChI=1S/C30H27F5N4O4/c1-15-10-17-11-18(12-22(25(17)39-38-15)43-20-8-9-20)27(40)36-14-29(42,30(33,34)35)23-13-21(28(2,3)41)24(32)26(37-23)16-4-6-19(31)7-5-16/h4-7,10-13,20,41-42H,8-9,14H2,1-3H3,(H,36,40). The van der Waals surface area contributed by atoms with Gasteiger partial charge in [0, 0.05) is 22.1 Å². The molecule has 1 aliphatic rings. The molecular weight excluding hydrogens is 575 g/mol. The highest BCUT2D eigenvalue weighted by molar-refractivity contribution is 5.99. The molecule has 3 N–H and O–H groups in total. The van der Waals surface area contributed by atoms with E-state index in [1.165, 1.54) is 12.1 Å². The average Bonchev–Trinajstić information content (AvgIpc) is 3.74. The fraction of sp³-hybridized carbons (Fsp3) is 0.333. The quantitative estimate of drug-likeness (QED) is 0.237. The number of benzene rings is 2. The number of carbonyl (C=O) groups excluding carboxylic acids is 1. The maximum Gasteiger partial charge on any atom is 0.424 e. The van der Waals surface area contributed by atoms with Gasteiger partial charge in [-0.1, -0.05) is 0 Å². The lowest BCUT2D eigenvalue weighted by atomic mass is 9.90. The molecular formula is C30H27F5N4O4. The van der Waals surface area contributed by atoms with Gasteiger partial charge in [0.2, 0.25) is 5.60 Å². The Balaban J connectivity index is 1.54. The molecule has 1 atom stereocenters. The first kappa shape index (κ1) is 30.2. The Labute approximate surface area is 242 Å². The number of hydrogen-bond donors (Lipinski definition) is 3. The Hall–Kier alpha value is -4.23. The second-order valence-electron chi connectivity index (χ2n) is 11.0. The van der Waals surface area contributed by atoms with Crippen LogP contribution < -0.4 is 10.1 Å². The minimum Gasteiger partial charge on any atom is -0.488 e. The molecule has 226 valence electrons. The Morgan fingerprint density at radius 2 is 1.70 bits per heavy atom. The number of hydrogen-bond acceptors (Lipinski definition) is 7. The lowest BCUT2D eigenvalue weighted by Gasteiger charge is -2.32. The molecule has 0 radical (unpaired) electrons. The lowest BCUT2D eigenvalue weighted by molar-refractivity contribution is -0.265. The number of rotatable bonds is 8. The molecule has 1 amide bonds. The summed E-state index contributed by atoms with van der Waals surface area (Å²) in [4.78, 5) is 17.0. The highest BCUT2D eigenvalue weighted by Gasteiger charge is 2.57. The highest BCUT2D eigenvalue weighted by Crippen LogP contribution is 2.41. The zero-order valence-corrected chi connectivity index (χ0v) is 23.3. The van der Waals surface area contributed by atoms with E-state index < -0.39 is 58.4 Å². The number of ether oxygens (including phenoxy) is 1. The number of nitrogens with zero attached hydrogens (tertiary/aromatic N) is 3. The Morgan fingerprint density at radius 1 is 1.02 bits per heavy atom. The normalized spacial score (nSPS) is 15.3. The van der Waals surface area contributed by atoms with E-state index in [1.54, 1.807) is 13.0 Å². The van der Waals surface area contributed by atoms with Crippen molar-refractivity contribution in [2.24, 2.45) is 0 Å². The number of aryl methyl sites for hydroxylation is 1. The number of halogens is 5. The van der Waals surface area contributed by atoms with Crippen molar-refractivity contribution in [2.45, 2.75) is 57.1 Å². The summed E-state index contributed by atoms with van der Waals surface area (Å²) in [5.41, 5.74) is -7.41.